The number of allylic oxidation sites excluding steroid dienone is 1. The molecule has 0 aliphatic rings. The highest BCUT2D eigenvalue weighted by Gasteiger charge is 1.89. The van der Waals surface area contributed by atoms with E-state index < -0.39 is 0 Å². The standard InChI is InChI=1S/C8H13NO/c1-3-5-6-7-9-8(10)4-2/h3-4H,1-2,5-7H2,(H,9,10). The Hall–Kier alpha value is -1.05. The molecule has 2 nitrogen and oxygen atoms in total. The second-order valence-electron chi connectivity index (χ2n) is 1.93. The van der Waals surface area contributed by atoms with Crippen LogP contribution in [-0.2, 0) is 4.79 Å². The molecule has 0 heterocycles. The predicted octanol–water partition coefficient (Wildman–Crippen LogP) is 1.25. The maximum atomic E-state index is 10.5. The van der Waals surface area contributed by atoms with Gasteiger partial charge in [0.05, 0.1) is 0 Å². The zero-order valence-electron chi connectivity index (χ0n) is 6.10. The van der Waals surface area contributed by atoms with Crippen LogP contribution in [0.4, 0.5) is 0 Å². The molecule has 0 saturated carbocycles. The summed E-state index contributed by atoms with van der Waals surface area (Å²) in [6.45, 7) is 7.60. The van der Waals surface area contributed by atoms with Gasteiger partial charge < -0.3 is 5.32 Å². The Morgan fingerprint density at radius 1 is 1.50 bits per heavy atom. The van der Waals surface area contributed by atoms with Crippen LogP contribution in [0.15, 0.2) is 25.3 Å². The van der Waals surface area contributed by atoms with Crippen molar-refractivity contribution in [2.24, 2.45) is 0 Å². The lowest BCUT2D eigenvalue weighted by Gasteiger charge is -1.97. The van der Waals surface area contributed by atoms with Gasteiger partial charge in [-0.3, -0.25) is 4.79 Å². The Morgan fingerprint density at radius 2 is 2.20 bits per heavy atom. The summed E-state index contributed by atoms with van der Waals surface area (Å²) in [6.07, 6.45) is 4.99. The molecule has 0 saturated heterocycles. The Balaban J connectivity index is 3.11. The third-order valence-electron chi connectivity index (χ3n) is 1.07. The smallest absolute Gasteiger partial charge is 0.243 e. The van der Waals surface area contributed by atoms with Crippen LogP contribution in [-0.4, -0.2) is 12.5 Å². The van der Waals surface area contributed by atoms with Crippen molar-refractivity contribution in [2.45, 2.75) is 12.8 Å². The minimum absolute atomic E-state index is 0.107. The Bertz CT molecular complexity index is 129. The second-order valence-corrected chi connectivity index (χ2v) is 1.93. The monoisotopic (exact) mass is 139 g/mol. The fraction of sp³-hybridized carbons (Fsp3) is 0.375. The first-order chi connectivity index (χ1) is 4.81. The fourth-order valence-electron chi connectivity index (χ4n) is 0.530. The number of amides is 1. The number of carbonyl (C=O) groups is 1. The van der Waals surface area contributed by atoms with Gasteiger partial charge in [-0.1, -0.05) is 12.7 Å². The van der Waals surface area contributed by atoms with Gasteiger partial charge in [0.1, 0.15) is 0 Å². The summed E-state index contributed by atoms with van der Waals surface area (Å²) in [7, 11) is 0. The molecule has 0 aliphatic carbocycles. The van der Waals surface area contributed by atoms with Crippen LogP contribution in [0.2, 0.25) is 0 Å². The zero-order valence-corrected chi connectivity index (χ0v) is 6.10. The first-order valence-electron chi connectivity index (χ1n) is 3.32. The van der Waals surface area contributed by atoms with Crippen molar-refractivity contribution in [1.82, 2.24) is 5.32 Å². The fourth-order valence-corrected chi connectivity index (χ4v) is 0.530. The van der Waals surface area contributed by atoms with Crippen molar-refractivity contribution in [3.63, 3.8) is 0 Å². The number of hydrogen-bond donors (Lipinski definition) is 1. The van der Waals surface area contributed by atoms with Gasteiger partial charge in [0.15, 0.2) is 0 Å². The lowest BCUT2D eigenvalue weighted by atomic mass is 10.3. The van der Waals surface area contributed by atoms with E-state index in [0.717, 1.165) is 12.8 Å². The summed E-state index contributed by atoms with van der Waals surface area (Å²) in [6, 6.07) is 0. The molecule has 0 atom stereocenters. The van der Waals surface area contributed by atoms with Crippen LogP contribution in [0.3, 0.4) is 0 Å². The van der Waals surface area contributed by atoms with E-state index in [-0.39, 0.29) is 5.91 Å². The van der Waals surface area contributed by atoms with Crippen LogP contribution in [0.1, 0.15) is 12.8 Å². The van der Waals surface area contributed by atoms with Gasteiger partial charge in [0.2, 0.25) is 5.91 Å². The normalized spacial score (nSPS) is 8.40. The summed E-state index contributed by atoms with van der Waals surface area (Å²) in [5, 5.41) is 2.66. The molecule has 0 aliphatic heterocycles. The lowest BCUT2D eigenvalue weighted by Crippen LogP contribution is -2.21. The number of carbonyl (C=O) groups excluding carboxylic acids is 1. The lowest BCUT2D eigenvalue weighted by molar-refractivity contribution is -0.116. The van der Waals surface area contributed by atoms with E-state index in [1.807, 2.05) is 6.08 Å². The molecule has 0 aromatic heterocycles. The molecule has 56 valence electrons. The Morgan fingerprint density at radius 3 is 2.70 bits per heavy atom. The molecule has 10 heavy (non-hydrogen) atoms. The van der Waals surface area contributed by atoms with Gasteiger partial charge in [-0.2, -0.15) is 0 Å². The Labute approximate surface area is 61.6 Å². The summed E-state index contributed by atoms with van der Waals surface area (Å²) < 4.78 is 0. The molecule has 0 rings (SSSR count). The second kappa shape index (κ2) is 6.08. The molecular formula is C8H13NO. The van der Waals surface area contributed by atoms with E-state index in [9.17, 15) is 4.79 Å². The minimum atomic E-state index is -0.107. The van der Waals surface area contributed by atoms with Crippen molar-refractivity contribution < 1.29 is 4.79 Å². The van der Waals surface area contributed by atoms with E-state index in [4.69, 9.17) is 0 Å². The third-order valence-corrected chi connectivity index (χ3v) is 1.07. The van der Waals surface area contributed by atoms with Crippen molar-refractivity contribution in [2.75, 3.05) is 6.54 Å². The van der Waals surface area contributed by atoms with Crippen molar-refractivity contribution in [1.29, 1.82) is 0 Å². The minimum Gasteiger partial charge on any atom is -0.353 e. The molecule has 0 radical (unpaired) electrons. The van der Waals surface area contributed by atoms with E-state index in [1.54, 1.807) is 0 Å². The van der Waals surface area contributed by atoms with Gasteiger partial charge in [0, 0.05) is 6.54 Å². The maximum Gasteiger partial charge on any atom is 0.243 e. The van der Waals surface area contributed by atoms with Crippen molar-refractivity contribution >= 4 is 5.91 Å². The highest BCUT2D eigenvalue weighted by Crippen LogP contribution is 1.85. The molecule has 0 aromatic carbocycles. The molecule has 0 spiro atoms. The van der Waals surface area contributed by atoms with Crippen LogP contribution < -0.4 is 5.32 Å². The van der Waals surface area contributed by atoms with E-state index in [2.05, 4.69) is 18.5 Å². The molecule has 0 aromatic rings. The SMILES string of the molecule is C=CCCCNC(=O)C=C. The Kier molecular flexibility index (Phi) is 5.44. The highest BCUT2D eigenvalue weighted by atomic mass is 16.1. The van der Waals surface area contributed by atoms with Crippen LogP contribution in [0, 0.1) is 0 Å². The molecule has 0 unspecified atom stereocenters. The predicted molar refractivity (Wildman–Crippen MR) is 42.6 cm³/mol. The first kappa shape index (κ1) is 8.95. The largest absolute Gasteiger partial charge is 0.353 e. The number of rotatable bonds is 5. The van der Waals surface area contributed by atoms with Gasteiger partial charge in [-0.25, -0.2) is 0 Å². The highest BCUT2D eigenvalue weighted by molar-refractivity contribution is 5.86. The van der Waals surface area contributed by atoms with E-state index in [1.165, 1.54) is 6.08 Å². The average molecular weight is 139 g/mol. The molecule has 0 bridgehead atoms. The summed E-state index contributed by atoms with van der Waals surface area (Å²) in [5.41, 5.74) is 0. The molecule has 0 fully saturated rings. The van der Waals surface area contributed by atoms with Crippen LogP contribution in [0.5, 0.6) is 0 Å². The van der Waals surface area contributed by atoms with Gasteiger partial charge in [0.25, 0.3) is 0 Å². The molecular weight excluding hydrogens is 126 g/mol. The third kappa shape index (κ3) is 5.09. The maximum absolute atomic E-state index is 10.5. The zero-order chi connectivity index (χ0) is 7.82. The topological polar surface area (TPSA) is 29.1 Å². The first-order valence-corrected chi connectivity index (χ1v) is 3.32. The van der Waals surface area contributed by atoms with Crippen molar-refractivity contribution in [3.8, 4) is 0 Å². The van der Waals surface area contributed by atoms with Crippen molar-refractivity contribution in [3.05, 3.63) is 25.3 Å². The number of unbranched alkanes of at least 4 members (excludes halogenated alkanes) is 1. The molecule has 1 N–H and O–H groups in total. The summed E-state index contributed by atoms with van der Waals surface area (Å²) >= 11 is 0. The number of hydrogen-bond acceptors (Lipinski definition) is 1. The molecule has 2 heteroatoms. The van der Waals surface area contributed by atoms with Gasteiger partial charge in [-0.05, 0) is 18.9 Å². The summed E-state index contributed by atoms with van der Waals surface area (Å²) in [4.78, 5) is 10.5. The van der Waals surface area contributed by atoms with Gasteiger partial charge >= 0.3 is 0 Å². The van der Waals surface area contributed by atoms with E-state index >= 15 is 0 Å². The summed E-state index contributed by atoms with van der Waals surface area (Å²) in [5.74, 6) is -0.107. The van der Waals surface area contributed by atoms with Crippen LogP contribution >= 0.6 is 0 Å². The quantitative estimate of drug-likeness (QED) is 0.347. The van der Waals surface area contributed by atoms with Gasteiger partial charge in [-0.15, -0.1) is 6.58 Å². The average Bonchev–Trinajstić information content (AvgIpc) is 1.98. The number of nitrogens with one attached hydrogen (secondary N) is 1. The van der Waals surface area contributed by atoms with E-state index in [0.29, 0.717) is 6.54 Å². The molecule has 1 amide bonds. The van der Waals surface area contributed by atoms with Crippen LogP contribution in [0.25, 0.3) is 0 Å².